The zero-order valence-corrected chi connectivity index (χ0v) is 22.7. The first-order valence-electron chi connectivity index (χ1n) is 12.8. The number of benzene rings is 4. The fourth-order valence-electron chi connectivity index (χ4n) is 4.89. The van der Waals surface area contributed by atoms with E-state index in [0.717, 1.165) is 17.5 Å². The van der Waals surface area contributed by atoms with E-state index in [1.165, 1.54) is 0 Å². The van der Waals surface area contributed by atoms with Crippen LogP contribution in [-0.4, -0.2) is 11.9 Å². The van der Waals surface area contributed by atoms with Crippen molar-refractivity contribution in [3.8, 4) is 22.6 Å². The van der Waals surface area contributed by atoms with Crippen LogP contribution in [0.3, 0.4) is 0 Å². The van der Waals surface area contributed by atoms with Crippen LogP contribution in [-0.2, 0) is 5.41 Å². The third kappa shape index (κ3) is 6.57. The van der Waals surface area contributed by atoms with Crippen LogP contribution in [0.25, 0.3) is 11.1 Å². The van der Waals surface area contributed by atoms with Crippen molar-refractivity contribution in [3.63, 3.8) is 0 Å². The largest absolute Gasteiger partial charge is 0.419 e. The summed E-state index contributed by atoms with van der Waals surface area (Å²) < 4.78 is 12.0. The first kappa shape index (κ1) is 26.9. The fraction of sp³-hybridized carbons (Fsp3) is 0.235. The Morgan fingerprint density at radius 1 is 0.632 bits per heavy atom. The number of carbonyl (C=O) groups excluding carboxylic acids is 2. The molecule has 4 nitrogen and oxygen atoms in total. The van der Waals surface area contributed by atoms with Crippen LogP contribution in [0.1, 0.15) is 67.3 Å². The summed E-state index contributed by atoms with van der Waals surface area (Å²) in [4.78, 5) is 26.4. The van der Waals surface area contributed by atoms with Gasteiger partial charge < -0.3 is 9.47 Å². The molecule has 0 aliphatic rings. The summed E-state index contributed by atoms with van der Waals surface area (Å²) in [6, 6.07) is 31.2. The van der Waals surface area contributed by atoms with Gasteiger partial charge in [0.25, 0.3) is 0 Å². The minimum Gasteiger partial charge on any atom is -0.419 e. The van der Waals surface area contributed by atoms with E-state index in [0.29, 0.717) is 16.7 Å². The SMILES string of the molecule is CC(C)(C)CC(C)(C)c1cc(OC(=O)c2ccccc2)c(OC(=O)c2ccccc2)c(-c2ccccc2)c1. The van der Waals surface area contributed by atoms with Crippen LogP contribution in [0.4, 0.5) is 0 Å². The van der Waals surface area contributed by atoms with Crippen LogP contribution >= 0.6 is 0 Å². The second-order valence-electron chi connectivity index (χ2n) is 11.3. The molecule has 0 saturated carbocycles. The summed E-state index contributed by atoms with van der Waals surface area (Å²) in [6.45, 7) is 11.0. The van der Waals surface area contributed by atoms with Crippen LogP contribution in [0.15, 0.2) is 103 Å². The Bertz CT molecular complexity index is 1400. The van der Waals surface area contributed by atoms with Crippen LogP contribution in [0.5, 0.6) is 11.5 Å². The number of rotatable bonds is 7. The number of esters is 2. The summed E-state index contributed by atoms with van der Waals surface area (Å²) in [5, 5.41) is 0. The summed E-state index contributed by atoms with van der Waals surface area (Å²) in [5.41, 5.74) is 3.16. The molecule has 38 heavy (non-hydrogen) atoms. The maximum atomic E-state index is 13.2. The number of ether oxygens (including phenoxy) is 2. The van der Waals surface area contributed by atoms with Gasteiger partial charge in [-0.05, 0) is 64.8 Å². The highest BCUT2D eigenvalue weighted by molar-refractivity contribution is 5.95. The quantitative estimate of drug-likeness (QED) is 0.186. The molecule has 0 amide bonds. The molecule has 0 fully saturated rings. The monoisotopic (exact) mass is 506 g/mol. The zero-order chi connectivity index (χ0) is 27.3. The van der Waals surface area contributed by atoms with Gasteiger partial charge in [-0.25, -0.2) is 9.59 Å². The van der Waals surface area contributed by atoms with Crippen molar-refractivity contribution in [2.24, 2.45) is 5.41 Å². The average Bonchev–Trinajstić information content (AvgIpc) is 2.89. The molecular weight excluding hydrogens is 472 g/mol. The lowest BCUT2D eigenvalue weighted by Crippen LogP contribution is -2.25. The molecule has 0 bridgehead atoms. The van der Waals surface area contributed by atoms with Crippen LogP contribution < -0.4 is 9.47 Å². The van der Waals surface area contributed by atoms with Gasteiger partial charge in [0.05, 0.1) is 11.1 Å². The lowest BCUT2D eigenvalue weighted by atomic mass is 9.72. The summed E-state index contributed by atoms with van der Waals surface area (Å²) in [6.07, 6.45) is 0.892. The van der Waals surface area contributed by atoms with Crippen LogP contribution in [0, 0.1) is 5.41 Å². The van der Waals surface area contributed by atoms with Crippen molar-refractivity contribution in [2.45, 2.75) is 46.5 Å². The molecule has 0 aromatic heterocycles. The molecule has 4 aromatic carbocycles. The summed E-state index contributed by atoms with van der Waals surface area (Å²) in [7, 11) is 0. The van der Waals surface area contributed by atoms with Gasteiger partial charge in [0.15, 0.2) is 11.5 Å². The van der Waals surface area contributed by atoms with Gasteiger partial charge >= 0.3 is 11.9 Å². The molecule has 194 valence electrons. The van der Waals surface area contributed by atoms with E-state index < -0.39 is 11.9 Å². The van der Waals surface area contributed by atoms with Crippen molar-refractivity contribution in [1.82, 2.24) is 0 Å². The van der Waals surface area contributed by atoms with Gasteiger partial charge in [0, 0.05) is 5.56 Å². The number of carbonyl (C=O) groups is 2. The molecule has 0 aliphatic heterocycles. The standard InChI is InChI=1S/C34H34O4/c1-33(2,3)23-34(4,5)27-21-28(24-15-9-6-10-16-24)30(38-32(36)26-19-13-8-14-20-26)29(22-27)37-31(35)25-17-11-7-12-18-25/h6-22H,23H2,1-5H3. The van der Waals surface area contributed by atoms with Crippen LogP contribution in [0.2, 0.25) is 0 Å². The van der Waals surface area contributed by atoms with Gasteiger partial charge in [-0.3, -0.25) is 0 Å². The smallest absolute Gasteiger partial charge is 0.343 e. The first-order valence-corrected chi connectivity index (χ1v) is 12.8. The summed E-state index contributed by atoms with van der Waals surface area (Å²) >= 11 is 0. The molecule has 0 spiro atoms. The van der Waals surface area contributed by atoms with E-state index in [4.69, 9.17) is 9.47 Å². The van der Waals surface area contributed by atoms with E-state index in [9.17, 15) is 9.59 Å². The van der Waals surface area contributed by atoms with Gasteiger partial charge in [-0.15, -0.1) is 0 Å². The molecule has 4 heteroatoms. The minimum atomic E-state index is -0.526. The van der Waals surface area contributed by atoms with Crippen molar-refractivity contribution >= 4 is 11.9 Å². The normalized spacial score (nSPS) is 11.6. The van der Waals surface area contributed by atoms with Crippen molar-refractivity contribution in [3.05, 3.63) is 120 Å². The van der Waals surface area contributed by atoms with E-state index in [-0.39, 0.29) is 22.3 Å². The third-order valence-electron chi connectivity index (χ3n) is 6.31. The topological polar surface area (TPSA) is 52.6 Å². The molecule has 0 aliphatic carbocycles. The molecular formula is C34H34O4. The van der Waals surface area contributed by atoms with E-state index in [1.54, 1.807) is 48.5 Å². The predicted octanol–water partition coefficient (Wildman–Crippen LogP) is 8.51. The highest BCUT2D eigenvalue weighted by Crippen LogP contribution is 2.45. The Kier molecular flexibility index (Phi) is 7.82. The average molecular weight is 507 g/mol. The Labute approximate surface area is 225 Å². The minimum absolute atomic E-state index is 0.0652. The Morgan fingerprint density at radius 3 is 1.61 bits per heavy atom. The van der Waals surface area contributed by atoms with Gasteiger partial charge in [0.1, 0.15) is 0 Å². The van der Waals surface area contributed by atoms with Crippen molar-refractivity contribution in [2.75, 3.05) is 0 Å². The van der Waals surface area contributed by atoms with E-state index >= 15 is 0 Å². The number of hydrogen-bond donors (Lipinski definition) is 0. The molecule has 0 saturated heterocycles. The molecule has 0 atom stereocenters. The molecule has 0 unspecified atom stereocenters. The van der Waals surface area contributed by atoms with Gasteiger partial charge in [-0.2, -0.15) is 0 Å². The molecule has 4 aromatic rings. The molecule has 4 rings (SSSR count). The third-order valence-corrected chi connectivity index (χ3v) is 6.31. The summed E-state index contributed by atoms with van der Waals surface area (Å²) in [5.74, 6) is -0.625. The maximum Gasteiger partial charge on any atom is 0.343 e. The Morgan fingerprint density at radius 2 is 1.11 bits per heavy atom. The maximum absolute atomic E-state index is 13.2. The Hall–Kier alpha value is -4.18. The second kappa shape index (κ2) is 11.1. The first-order chi connectivity index (χ1) is 18.0. The van der Waals surface area contributed by atoms with E-state index in [2.05, 4.69) is 40.7 Å². The predicted molar refractivity (Wildman–Crippen MR) is 152 cm³/mol. The fourth-order valence-corrected chi connectivity index (χ4v) is 4.89. The Balaban J connectivity index is 1.90. The van der Waals surface area contributed by atoms with Gasteiger partial charge in [0.2, 0.25) is 0 Å². The highest BCUT2D eigenvalue weighted by atomic mass is 16.6. The van der Waals surface area contributed by atoms with E-state index in [1.807, 2.05) is 48.5 Å². The lowest BCUT2D eigenvalue weighted by molar-refractivity contribution is 0.0683. The molecule has 0 N–H and O–H groups in total. The highest BCUT2D eigenvalue weighted by Gasteiger charge is 2.31. The molecule has 0 radical (unpaired) electrons. The second-order valence-corrected chi connectivity index (χ2v) is 11.3. The van der Waals surface area contributed by atoms with Gasteiger partial charge in [-0.1, -0.05) is 101 Å². The van der Waals surface area contributed by atoms with Crippen molar-refractivity contribution in [1.29, 1.82) is 0 Å². The molecule has 0 heterocycles. The van der Waals surface area contributed by atoms with Crippen molar-refractivity contribution < 1.29 is 19.1 Å². The number of hydrogen-bond acceptors (Lipinski definition) is 4. The zero-order valence-electron chi connectivity index (χ0n) is 22.7. The lowest BCUT2D eigenvalue weighted by Gasteiger charge is -2.34.